The molecule has 1 N–H and O–H groups in total. The Kier molecular flexibility index (Phi) is 7.22. The van der Waals surface area contributed by atoms with Crippen LogP contribution in [0.3, 0.4) is 0 Å². The molecule has 44 heavy (non-hydrogen) atoms. The highest BCUT2D eigenvalue weighted by molar-refractivity contribution is 6.30. The van der Waals surface area contributed by atoms with Crippen molar-refractivity contribution in [1.82, 2.24) is 34.6 Å². The van der Waals surface area contributed by atoms with E-state index in [1.807, 2.05) is 12.1 Å². The van der Waals surface area contributed by atoms with E-state index in [-0.39, 0.29) is 17.9 Å². The maximum absolute atomic E-state index is 14.8. The van der Waals surface area contributed by atoms with E-state index < -0.39 is 17.3 Å². The zero-order chi connectivity index (χ0) is 30.7. The second-order valence-electron chi connectivity index (χ2n) is 13.0. The Bertz CT molecular complexity index is 1760. The third-order valence-electron chi connectivity index (χ3n) is 9.45. The molecule has 0 bridgehead atoms. The van der Waals surface area contributed by atoms with Crippen molar-refractivity contribution in [1.29, 1.82) is 0 Å². The molecule has 4 aromatic heterocycles. The van der Waals surface area contributed by atoms with E-state index in [2.05, 4.69) is 45.4 Å². The average molecular weight is 623 g/mol. The van der Waals surface area contributed by atoms with Crippen LogP contribution in [0.2, 0.25) is 5.02 Å². The molecule has 2 atom stereocenters. The van der Waals surface area contributed by atoms with Gasteiger partial charge >= 0.3 is 5.76 Å². The monoisotopic (exact) mass is 622 g/mol. The number of halogens is 2. The Morgan fingerprint density at radius 2 is 1.82 bits per heavy atom. The van der Waals surface area contributed by atoms with Gasteiger partial charge in [0.1, 0.15) is 5.69 Å². The molecule has 0 aromatic carbocycles. The summed E-state index contributed by atoms with van der Waals surface area (Å²) in [5, 5.41) is 4.35. The van der Waals surface area contributed by atoms with Gasteiger partial charge in [0.25, 0.3) is 5.91 Å². The van der Waals surface area contributed by atoms with Crippen LogP contribution in [0.25, 0.3) is 33.8 Å². The molecule has 11 nitrogen and oxygen atoms in total. The second kappa shape index (κ2) is 11.0. The number of carbonyl (C=O) groups is 1. The molecule has 1 saturated heterocycles. The normalized spacial score (nSPS) is 25.0. The van der Waals surface area contributed by atoms with Crippen molar-refractivity contribution in [3.63, 3.8) is 0 Å². The molecular weight excluding hydrogens is 587 g/mol. The quantitative estimate of drug-likeness (QED) is 0.309. The number of carbonyl (C=O) groups excluding carboxylic acids is 1. The van der Waals surface area contributed by atoms with Crippen molar-refractivity contribution >= 4 is 34.5 Å². The first-order valence-electron chi connectivity index (χ1n) is 15.4. The van der Waals surface area contributed by atoms with E-state index in [0.717, 1.165) is 30.9 Å². The number of aromatic amines is 1. The number of imidazole rings is 1. The highest BCUT2D eigenvalue weighted by Crippen LogP contribution is 2.43. The van der Waals surface area contributed by atoms with Gasteiger partial charge in [-0.2, -0.15) is 0 Å². The summed E-state index contributed by atoms with van der Waals surface area (Å²) in [7, 11) is 0. The van der Waals surface area contributed by atoms with E-state index in [0.29, 0.717) is 65.3 Å². The Morgan fingerprint density at radius 3 is 2.45 bits per heavy atom. The van der Waals surface area contributed by atoms with Gasteiger partial charge in [0.05, 0.1) is 21.7 Å². The number of rotatable bonds is 6. The number of anilines is 1. The Morgan fingerprint density at radius 1 is 1.09 bits per heavy atom. The zero-order valence-corrected chi connectivity index (χ0v) is 25.8. The van der Waals surface area contributed by atoms with Crippen LogP contribution in [0.5, 0.6) is 0 Å². The molecule has 1 amide bonds. The molecule has 1 aliphatic heterocycles. The van der Waals surface area contributed by atoms with Crippen LogP contribution in [-0.2, 0) is 11.3 Å². The number of nitrogens with one attached hydrogen (secondary N) is 1. The van der Waals surface area contributed by atoms with Gasteiger partial charge in [0.2, 0.25) is 11.8 Å². The van der Waals surface area contributed by atoms with Crippen LogP contribution in [0.15, 0.2) is 33.8 Å². The van der Waals surface area contributed by atoms with Gasteiger partial charge in [-0.3, -0.25) is 19.3 Å². The number of fused-ring (bicyclic) bond motifs is 1. The van der Waals surface area contributed by atoms with E-state index in [4.69, 9.17) is 26.1 Å². The largest absolute Gasteiger partial charge is 0.439 e. The summed E-state index contributed by atoms with van der Waals surface area (Å²) >= 11 is 6.40. The minimum Gasteiger partial charge on any atom is -0.336 e. The van der Waals surface area contributed by atoms with E-state index >= 15 is 0 Å². The number of hydrogen-bond donors (Lipinski definition) is 1. The van der Waals surface area contributed by atoms with Gasteiger partial charge in [-0.1, -0.05) is 36.5 Å². The zero-order valence-electron chi connectivity index (χ0n) is 25.1. The summed E-state index contributed by atoms with van der Waals surface area (Å²) in [5.41, 5.74) is 1.52. The number of H-pyrrole nitrogens is 1. The lowest BCUT2D eigenvalue weighted by Crippen LogP contribution is -2.60. The van der Waals surface area contributed by atoms with Crippen LogP contribution < -0.4 is 10.7 Å². The molecule has 2 aliphatic carbocycles. The maximum Gasteiger partial charge on any atom is 0.439 e. The fourth-order valence-electron chi connectivity index (χ4n) is 6.98. The molecule has 232 valence electrons. The predicted molar refractivity (Wildman–Crippen MR) is 164 cm³/mol. The number of hydrogen-bond acceptors (Lipinski definition) is 8. The Hall–Kier alpha value is -3.80. The number of alkyl halides is 1. The summed E-state index contributed by atoms with van der Waals surface area (Å²) < 4.78 is 21.8. The second-order valence-corrected chi connectivity index (χ2v) is 13.4. The molecular formula is C31H36ClFN8O3. The molecule has 2 saturated carbocycles. The van der Waals surface area contributed by atoms with Crippen molar-refractivity contribution in [3.8, 4) is 22.8 Å². The van der Waals surface area contributed by atoms with E-state index in [9.17, 15) is 14.0 Å². The van der Waals surface area contributed by atoms with Crippen molar-refractivity contribution < 1.29 is 13.7 Å². The standard InChI is InChI=1S/C31H36ClFN8O3/c1-17-4-6-20(7-5-17)16-40-26-23(36-29(40)41-18(2)14-39(15-19(41)3)28(42)31(33)8-9-31)11-24(27-37-30(43)44-38-27)35-25(26)21-10-22(32)13-34-12-21/h10-13,17-20H,4-9,14-16H2,1-3H3,(H,37,38,43)/t17-,18-,19-,20-/m1/s1. The van der Waals surface area contributed by atoms with Crippen LogP contribution in [0.4, 0.5) is 10.3 Å². The number of pyridine rings is 2. The summed E-state index contributed by atoms with van der Waals surface area (Å²) in [5.74, 6) is 1.06. The highest BCUT2D eigenvalue weighted by Gasteiger charge is 2.54. The van der Waals surface area contributed by atoms with E-state index in [1.54, 1.807) is 17.3 Å². The van der Waals surface area contributed by atoms with Gasteiger partial charge in [-0.25, -0.2) is 19.2 Å². The van der Waals surface area contributed by atoms with Crippen molar-refractivity contribution in [2.24, 2.45) is 11.8 Å². The summed E-state index contributed by atoms with van der Waals surface area (Å²) in [4.78, 5) is 45.8. The predicted octanol–water partition coefficient (Wildman–Crippen LogP) is 5.24. The third-order valence-corrected chi connectivity index (χ3v) is 9.66. The summed E-state index contributed by atoms with van der Waals surface area (Å²) in [6, 6.07) is 3.40. The Balaban J connectivity index is 1.38. The molecule has 0 spiro atoms. The first-order valence-corrected chi connectivity index (χ1v) is 15.8. The van der Waals surface area contributed by atoms with Gasteiger partial charge in [-0.15, -0.1) is 0 Å². The topological polar surface area (TPSA) is 126 Å². The van der Waals surface area contributed by atoms with Crippen LogP contribution in [0.1, 0.15) is 59.3 Å². The van der Waals surface area contributed by atoms with E-state index in [1.165, 1.54) is 12.8 Å². The minimum atomic E-state index is -1.70. The molecule has 0 unspecified atom stereocenters. The molecule has 13 heteroatoms. The lowest BCUT2D eigenvalue weighted by molar-refractivity contribution is -0.139. The highest BCUT2D eigenvalue weighted by atomic mass is 35.5. The minimum absolute atomic E-state index is 0.109. The van der Waals surface area contributed by atoms with Gasteiger partial charge < -0.3 is 14.4 Å². The number of nitrogens with zero attached hydrogens (tertiary/aromatic N) is 7. The SMILES string of the molecule is C[C@@H]1CN(C(=O)C2(F)CC2)C[C@@H](C)N1c1nc2cc(-c3noc(=O)[nH]3)nc(-c3cncc(Cl)c3)c2n1C[C@H]1CC[C@H](C)CC1. The summed E-state index contributed by atoms with van der Waals surface area (Å²) in [6.45, 7) is 8.00. The summed E-state index contributed by atoms with van der Waals surface area (Å²) in [6.07, 6.45) is 8.48. The molecule has 0 radical (unpaired) electrons. The fraction of sp³-hybridized carbons (Fsp3) is 0.548. The van der Waals surface area contributed by atoms with Crippen LogP contribution >= 0.6 is 11.6 Å². The first-order chi connectivity index (χ1) is 21.1. The number of aromatic nitrogens is 6. The molecule has 3 aliphatic rings. The fourth-order valence-corrected chi connectivity index (χ4v) is 7.15. The van der Waals surface area contributed by atoms with Crippen molar-refractivity contribution in [3.05, 3.63) is 40.1 Å². The average Bonchev–Trinajstić information content (AvgIpc) is 3.43. The lowest BCUT2D eigenvalue weighted by atomic mass is 9.83. The van der Waals surface area contributed by atoms with Crippen LogP contribution in [0, 0.1) is 11.8 Å². The molecule has 5 heterocycles. The number of amides is 1. The van der Waals surface area contributed by atoms with Gasteiger partial charge in [-0.05, 0) is 63.5 Å². The first kappa shape index (κ1) is 28.9. The molecule has 7 rings (SSSR count). The van der Waals surface area contributed by atoms with Gasteiger partial charge in [0, 0.05) is 49.7 Å². The van der Waals surface area contributed by atoms with Gasteiger partial charge in [0.15, 0.2) is 5.67 Å². The molecule has 4 aromatic rings. The number of piperazine rings is 1. The Labute approximate surface area is 258 Å². The van der Waals surface area contributed by atoms with Crippen molar-refractivity contribution in [2.75, 3.05) is 18.0 Å². The van der Waals surface area contributed by atoms with Crippen LogP contribution in [-0.4, -0.2) is 71.3 Å². The van der Waals surface area contributed by atoms with Crippen molar-refractivity contribution in [2.45, 2.75) is 83.6 Å². The molecule has 3 fully saturated rings. The lowest BCUT2D eigenvalue weighted by Gasteiger charge is -2.45. The maximum atomic E-state index is 14.8. The third kappa shape index (κ3) is 5.27. The smallest absolute Gasteiger partial charge is 0.336 e.